The molecule has 1 N–H and O–H groups in total. The van der Waals surface area contributed by atoms with Crippen molar-refractivity contribution in [1.29, 1.82) is 0 Å². The van der Waals surface area contributed by atoms with Crippen molar-refractivity contribution in [2.24, 2.45) is 5.92 Å². The molecule has 104 valence electrons. The van der Waals surface area contributed by atoms with Gasteiger partial charge in [0.15, 0.2) is 0 Å². The van der Waals surface area contributed by atoms with Gasteiger partial charge < -0.3 is 10.1 Å². The molecule has 1 aromatic carbocycles. The molecule has 1 saturated carbocycles. The van der Waals surface area contributed by atoms with Crippen LogP contribution in [0.5, 0.6) is 0 Å². The molecule has 0 saturated heterocycles. The number of hydrogen-bond donors (Lipinski definition) is 1. The molecule has 0 aliphatic heterocycles. The summed E-state index contributed by atoms with van der Waals surface area (Å²) in [6, 6.07) is 10.4. The number of carbonyl (C=O) groups excluding carboxylic acids is 1. The van der Waals surface area contributed by atoms with Crippen LogP contribution in [0.2, 0.25) is 0 Å². The van der Waals surface area contributed by atoms with Crippen molar-refractivity contribution in [2.75, 3.05) is 6.54 Å². The Bertz CT molecular complexity index is 383. The predicted octanol–water partition coefficient (Wildman–Crippen LogP) is 2.90. The first-order valence-electron chi connectivity index (χ1n) is 7.23. The van der Waals surface area contributed by atoms with Gasteiger partial charge in [-0.25, -0.2) is 0 Å². The third-order valence-electron chi connectivity index (χ3n) is 3.78. The van der Waals surface area contributed by atoms with Crippen LogP contribution in [0.1, 0.15) is 38.2 Å². The van der Waals surface area contributed by atoms with Gasteiger partial charge in [0.25, 0.3) is 0 Å². The van der Waals surface area contributed by atoms with E-state index in [0.29, 0.717) is 12.6 Å². The zero-order valence-electron chi connectivity index (χ0n) is 11.6. The molecule has 1 fully saturated rings. The molecule has 3 heteroatoms. The van der Waals surface area contributed by atoms with E-state index >= 15 is 0 Å². The first-order chi connectivity index (χ1) is 9.29. The van der Waals surface area contributed by atoms with Crippen LogP contribution in [0.4, 0.5) is 0 Å². The van der Waals surface area contributed by atoms with Crippen molar-refractivity contribution in [2.45, 2.75) is 45.3 Å². The van der Waals surface area contributed by atoms with Crippen molar-refractivity contribution in [3.8, 4) is 0 Å². The molecule has 0 heterocycles. The summed E-state index contributed by atoms with van der Waals surface area (Å²) in [5.74, 6) is 0.0671. The predicted molar refractivity (Wildman–Crippen MR) is 75.7 cm³/mol. The van der Waals surface area contributed by atoms with E-state index < -0.39 is 0 Å². The minimum atomic E-state index is -0.0289. The molecular weight excluding hydrogens is 238 g/mol. The van der Waals surface area contributed by atoms with E-state index in [-0.39, 0.29) is 11.9 Å². The topological polar surface area (TPSA) is 38.3 Å². The SMILES string of the molecule is CCN[C@H]1CC[C@H](C(=O)OCc2ccccc2)CC1. The Hall–Kier alpha value is -1.35. The minimum Gasteiger partial charge on any atom is -0.461 e. The summed E-state index contributed by atoms with van der Waals surface area (Å²) in [6.45, 7) is 3.53. The van der Waals surface area contributed by atoms with E-state index in [0.717, 1.165) is 37.8 Å². The average molecular weight is 261 g/mol. The zero-order chi connectivity index (χ0) is 13.5. The maximum atomic E-state index is 12.0. The molecule has 0 spiro atoms. The molecule has 1 aliphatic carbocycles. The van der Waals surface area contributed by atoms with Gasteiger partial charge in [0.2, 0.25) is 0 Å². The van der Waals surface area contributed by atoms with Crippen molar-refractivity contribution >= 4 is 5.97 Å². The molecule has 0 aromatic heterocycles. The van der Waals surface area contributed by atoms with Crippen LogP contribution in [0.15, 0.2) is 30.3 Å². The third kappa shape index (κ3) is 4.35. The molecule has 19 heavy (non-hydrogen) atoms. The minimum absolute atomic E-state index is 0.0289. The van der Waals surface area contributed by atoms with Crippen LogP contribution in [-0.4, -0.2) is 18.6 Å². The Labute approximate surface area is 115 Å². The summed E-state index contributed by atoms with van der Waals surface area (Å²) >= 11 is 0. The van der Waals surface area contributed by atoms with Crippen LogP contribution in [-0.2, 0) is 16.1 Å². The average Bonchev–Trinajstić information content (AvgIpc) is 2.47. The number of benzene rings is 1. The van der Waals surface area contributed by atoms with Crippen LogP contribution >= 0.6 is 0 Å². The monoisotopic (exact) mass is 261 g/mol. The molecule has 1 aromatic rings. The highest BCUT2D eigenvalue weighted by Gasteiger charge is 2.26. The normalized spacial score (nSPS) is 23.0. The van der Waals surface area contributed by atoms with Gasteiger partial charge in [-0.05, 0) is 37.8 Å². The van der Waals surface area contributed by atoms with Crippen molar-refractivity contribution in [1.82, 2.24) is 5.32 Å². The van der Waals surface area contributed by atoms with E-state index in [1.54, 1.807) is 0 Å². The largest absolute Gasteiger partial charge is 0.461 e. The molecule has 0 atom stereocenters. The maximum Gasteiger partial charge on any atom is 0.309 e. The highest BCUT2D eigenvalue weighted by atomic mass is 16.5. The van der Waals surface area contributed by atoms with Gasteiger partial charge >= 0.3 is 5.97 Å². The van der Waals surface area contributed by atoms with Crippen molar-refractivity contribution in [3.63, 3.8) is 0 Å². The zero-order valence-corrected chi connectivity index (χ0v) is 11.6. The molecule has 0 amide bonds. The van der Waals surface area contributed by atoms with Crippen LogP contribution in [0, 0.1) is 5.92 Å². The Kier molecular flexibility index (Phi) is 5.40. The second kappa shape index (κ2) is 7.29. The first-order valence-corrected chi connectivity index (χ1v) is 7.23. The lowest BCUT2D eigenvalue weighted by molar-refractivity contribution is -0.151. The Morgan fingerprint density at radius 2 is 1.89 bits per heavy atom. The fourth-order valence-electron chi connectivity index (χ4n) is 2.67. The van der Waals surface area contributed by atoms with Crippen LogP contribution < -0.4 is 5.32 Å². The fraction of sp³-hybridized carbons (Fsp3) is 0.562. The van der Waals surface area contributed by atoms with E-state index in [2.05, 4.69) is 12.2 Å². The van der Waals surface area contributed by atoms with Gasteiger partial charge in [-0.2, -0.15) is 0 Å². The maximum absolute atomic E-state index is 12.0. The Balaban J connectivity index is 1.73. The molecule has 0 radical (unpaired) electrons. The number of nitrogens with one attached hydrogen (secondary N) is 1. The summed E-state index contributed by atoms with van der Waals surface area (Å²) in [6.07, 6.45) is 4.06. The summed E-state index contributed by atoms with van der Waals surface area (Å²) in [5, 5.41) is 3.45. The summed E-state index contributed by atoms with van der Waals surface area (Å²) in [4.78, 5) is 12.0. The van der Waals surface area contributed by atoms with E-state index in [4.69, 9.17) is 4.74 Å². The summed E-state index contributed by atoms with van der Waals surface area (Å²) in [7, 11) is 0. The van der Waals surface area contributed by atoms with E-state index in [1.165, 1.54) is 0 Å². The highest BCUT2D eigenvalue weighted by molar-refractivity contribution is 5.72. The van der Waals surface area contributed by atoms with Gasteiger partial charge in [-0.15, -0.1) is 0 Å². The van der Waals surface area contributed by atoms with Gasteiger partial charge in [-0.1, -0.05) is 37.3 Å². The van der Waals surface area contributed by atoms with Gasteiger partial charge in [0, 0.05) is 6.04 Å². The molecular formula is C16H23NO2. The second-order valence-electron chi connectivity index (χ2n) is 5.20. The smallest absolute Gasteiger partial charge is 0.309 e. The van der Waals surface area contributed by atoms with E-state index in [1.807, 2.05) is 30.3 Å². The Morgan fingerprint density at radius 1 is 1.21 bits per heavy atom. The number of ether oxygens (including phenoxy) is 1. The first kappa shape index (κ1) is 14.1. The molecule has 1 aliphatic rings. The second-order valence-corrected chi connectivity index (χ2v) is 5.20. The fourth-order valence-corrected chi connectivity index (χ4v) is 2.67. The standard InChI is InChI=1S/C16H23NO2/c1-2-17-15-10-8-14(9-11-15)16(18)19-12-13-6-4-3-5-7-13/h3-7,14-15,17H,2,8-12H2,1H3/t14-,15-. The molecule has 3 nitrogen and oxygen atoms in total. The van der Waals surface area contributed by atoms with Gasteiger partial charge in [-0.3, -0.25) is 4.79 Å². The van der Waals surface area contributed by atoms with Crippen molar-refractivity contribution in [3.05, 3.63) is 35.9 Å². The number of carbonyl (C=O) groups is 1. The van der Waals surface area contributed by atoms with Gasteiger partial charge in [0.1, 0.15) is 6.61 Å². The number of esters is 1. The van der Waals surface area contributed by atoms with Crippen LogP contribution in [0.3, 0.4) is 0 Å². The summed E-state index contributed by atoms with van der Waals surface area (Å²) < 4.78 is 5.40. The molecule has 0 unspecified atom stereocenters. The molecule has 0 bridgehead atoms. The quantitative estimate of drug-likeness (QED) is 0.828. The van der Waals surface area contributed by atoms with Gasteiger partial charge in [0.05, 0.1) is 5.92 Å². The van der Waals surface area contributed by atoms with Crippen LogP contribution in [0.25, 0.3) is 0 Å². The molecule has 2 rings (SSSR count). The number of rotatable bonds is 5. The van der Waals surface area contributed by atoms with Crippen molar-refractivity contribution < 1.29 is 9.53 Å². The van der Waals surface area contributed by atoms with E-state index in [9.17, 15) is 4.79 Å². The number of hydrogen-bond acceptors (Lipinski definition) is 3. The summed E-state index contributed by atoms with van der Waals surface area (Å²) in [5.41, 5.74) is 1.05. The Morgan fingerprint density at radius 3 is 2.53 bits per heavy atom. The lowest BCUT2D eigenvalue weighted by Crippen LogP contribution is -2.35. The lowest BCUT2D eigenvalue weighted by atomic mass is 9.86. The third-order valence-corrected chi connectivity index (χ3v) is 3.78. The highest BCUT2D eigenvalue weighted by Crippen LogP contribution is 2.25. The lowest BCUT2D eigenvalue weighted by Gasteiger charge is -2.27.